The quantitative estimate of drug-likeness (QED) is 0.291. The van der Waals surface area contributed by atoms with Crippen molar-refractivity contribution in [2.75, 3.05) is 7.11 Å². The summed E-state index contributed by atoms with van der Waals surface area (Å²) in [7, 11) is 1.02. The van der Waals surface area contributed by atoms with Crippen LogP contribution in [0.4, 0.5) is 18.9 Å². The first kappa shape index (κ1) is 23.9. The summed E-state index contributed by atoms with van der Waals surface area (Å²) < 4.78 is 48.0. The summed E-state index contributed by atoms with van der Waals surface area (Å²) in [5, 5.41) is 20.8. The molecule has 166 valence electrons. The number of methoxy groups -OCH3 is 1. The number of nitro benzene ring substituents is 1. The highest BCUT2D eigenvalue weighted by atomic mass is 35.5. The van der Waals surface area contributed by atoms with Crippen molar-refractivity contribution in [3.05, 3.63) is 62.7 Å². The zero-order valence-corrected chi connectivity index (χ0v) is 16.6. The topological polar surface area (TPSA) is 119 Å². The van der Waals surface area contributed by atoms with Crippen LogP contribution in [0.5, 0.6) is 11.5 Å². The maximum atomic E-state index is 12.7. The Balaban J connectivity index is 2.41. The SMILES string of the molecule is COC(=O)C(C)N(O)C(=O)c1cc(Oc2ccc(C(F)(F)F)cc2Cl)ccc1[N+](=O)[O-]. The molecule has 0 bridgehead atoms. The first-order valence-electron chi connectivity index (χ1n) is 8.30. The van der Waals surface area contributed by atoms with E-state index in [0.717, 1.165) is 38.3 Å². The molecule has 0 fully saturated rings. The number of ether oxygens (including phenoxy) is 2. The maximum absolute atomic E-state index is 12.7. The molecule has 9 nitrogen and oxygen atoms in total. The number of esters is 1. The average Bonchev–Trinajstić information content (AvgIpc) is 2.71. The van der Waals surface area contributed by atoms with Crippen molar-refractivity contribution < 1.29 is 42.4 Å². The number of carbonyl (C=O) groups excluding carboxylic acids is 2. The van der Waals surface area contributed by atoms with E-state index in [4.69, 9.17) is 16.3 Å². The minimum atomic E-state index is -4.63. The molecule has 0 aliphatic carbocycles. The number of rotatable bonds is 6. The van der Waals surface area contributed by atoms with E-state index in [1.54, 1.807) is 0 Å². The molecule has 2 aromatic carbocycles. The van der Waals surface area contributed by atoms with E-state index in [-0.39, 0.29) is 16.6 Å². The highest BCUT2D eigenvalue weighted by Gasteiger charge is 2.32. The highest BCUT2D eigenvalue weighted by Crippen LogP contribution is 2.37. The third-order valence-electron chi connectivity index (χ3n) is 4.00. The number of nitro groups is 1. The molecule has 0 spiro atoms. The highest BCUT2D eigenvalue weighted by molar-refractivity contribution is 6.32. The van der Waals surface area contributed by atoms with Gasteiger partial charge in [-0.1, -0.05) is 11.6 Å². The molecule has 1 N–H and O–H groups in total. The summed E-state index contributed by atoms with van der Waals surface area (Å²) in [6.45, 7) is 1.12. The predicted molar refractivity (Wildman–Crippen MR) is 99.1 cm³/mol. The number of hydrogen-bond acceptors (Lipinski definition) is 7. The molecular formula is C18H14ClF3N2O7. The van der Waals surface area contributed by atoms with Gasteiger partial charge in [-0.05, 0) is 31.2 Å². The molecular weight excluding hydrogens is 449 g/mol. The molecule has 1 unspecified atom stereocenters. The summed E-state index contributed by atoms with van der Waals surface area (Å²) in [6.07, 6.45) is -4.63. The number of carbonyl (C=O) groups is 2. The number of hydrogen-bond donors (Lipinski definition) is 1. The number of hydroxylamine groups is 2. The van der Waals surface area contributed by atoms with Gasteiger partial charge in [0.2, 0.25) is 0 Å². The summed E-state index contributed by atoms with van der Waals surface area (Å²) >= 11 is 5.81. The molecule has 0 heterocycles. The second-order valence-electron chi connectivity index (χ2n) is 6.03. The Morgan fingerprint density at radius 1 is 1.23 bits per heavy atom. The van der Waals surface area contributed by atoms with Crippen LogP contribution in [0.3, 0.4) is 0 Å². The zero-order valence-electron chi connectivity index (χ0n) is 15.8. The predicted octanol–water partition coefficient (Wildman–Crippen LogP) is 4.45. The maximum Gasteiger partial charge on any atom is 0.416 e. The minimum Gasteiger partial charge on any atom is -0.467 e. The van der Waals surface area contributed by atoms with E-state index in [1.165, 1.54) is 0 Å². The van der Waals surface area contributed by atoms with Gasteiger partial charge < -0.3 is 9.47 Å². The average molecular weight is 463 g/mol. The number of amides is 1. The molecule has 2 rings (SSSR count). The van der Waals surface area contributed by atoms with Crippen LogP contribution in [0.25, 0.3) is 0 Å². The van der Waals surface area contributed by atoms with E-state index in [9.17, 15) is 38.1 Å². The van der Waals surface area contributed by atoms with E-state index in [0.29, 0.717) is 12.1 Å². The Kier molecular flexibility index (Phi) is 7.08. The van der Waals surface area contributed by atoms with Crippen LogP contribution in [-0.2, 0) is 15.7 Å². The van der Waals surface area contributed by atoms with Crippen molar-refractivity contribution in [2.24, 2.45) is 0 Å². The van der Waals surface area contributed by atoms with Gasteiger partial charge in [0, 0.05) is 12.1 Å². The summed E-state index contributed by atoms with van der Waals surface area (Å²) in [5.74, 6) is -2.71. The van der Waals surface area contributed by atoms with Gasteiger partial charge in [-0.2, -0.15) is 13.2 Å². The molecule has 31 heavy (non-hydrogen) atoms. The van der Waals surface area contributed by atoms with Gasteiger partial charge in [-0.3, -0.25) is 20.1 Å². The molecule has 1 amide bonds. The van der Waals surface area contributed by atoms with Crippen molar-refractivity contribution >= 4 is 29.2 Å². The second-order valence-corrected chi connectivity index (χ2v) is 6.44. The van der Waals surface area contributed by atoms with Gasteiger partial charge in [0.15, 0.2) is 6.04 Å². The van der Waals surface area contributed by atoms with E-state index >= 15 is 0 Å². The zero-order chi connectivity index (χ0) is 23.5. The van der Waals surface area contributed by atoms with E-state index in [2.05, 4.69) is 4.74 Å². The summed E-state index contributed by atoms with van der Waals surface area (Å²) in [4.78, 5) is 34.4. The first-order valence-corrected chi connectivity index (χ1v) is 8.68. The third kappa shape index (κ3) is 5.41. The Morgan fingerprint density at radius 3 is 2.39 bits per heavy atom. The molecule has 0 aromatic heterocycles. The van der Waals surface area contributed by atoms with Crippen molar-refractivity contribution in [3.63, 3.8) is 0 Å². The first-order chi connectivity index (χ1) is 14.4. The fraction of sp³-hybridized carbons (Fsp3) is 0.222. The van der Waals surface area contributed by atoms with Gasteiger partial charge in [0.1, 0.15) is 17.1 Å². The Labute approximate surface area is 177 Å². The Hall–Kier alpha value is -3.38. The largest absolute Gasteiger partial charge is 0.467 e. The smallest absolute Gasteiger partial charge is 0.416 e. The lowest BCUT2D eigenvalue weighted by atomic mass is 10.1. The van der Waals surface area contributed by atoms with Crippen LogP contribution in [0.2, 0.25) is 5.02 Å². The molecule has 13 heteroatoms. The lowest BCUT2D eigenvalue weighted by Gasteiger charge is -2.20. The molecule has 0 aliphatic rings. The monoisotopic (exact) mass is 462 g/mol. The van der Waals surface area contributed by atoms with Crippen molar-refractivity contribution in [1.82, 2.24) is 5.06 Å². The van der Waals surface area contributed by atoms with Gasteiger partial charge in [0.25, 0.3) is 11.6 Å². The standard InChI is InChI=1S/C18H14ClF3N2O7/c1-9(17(26)30-2)23(27)16(25)12-8-11(4-5-14(12)24(28)29)31-15-6-3-10(7-13(15)19)18(20,21)22/h3-9,27H,1-2H3. The van der Waals surface area contributed by atoms with Gasteiger partial charge >= 0.3 is 12.1 Å². The number of nitrogens with zero attached hydrogens (tertiary/aromatic N) is 2. The van der Waals surface area contributed by atoms with Crippen LogP contribution < -0.4 is 4.74 Å². The summed E-state index contributed by atoms with van der Waals surface area (Å²) in [6, 6.07) is 3.64. The van der Waals surface area contributed by atoms with E-state index in [1.807, 2.05) is 0 Å². The molecule has 2 aromatic rings. The Bertz CT molecular complexity index is 1030. The van der Waals surface area contributed by atoms with Crippen molar-refractivity contribution in [3.8, 4) is 11.5 Å². The molecule has 0 radical (unpaired) electrons. The lowest BCUT2D eigenvalue weighted by molar-refractivity contribution is -0.385. The second kappa shape index (κ2) is 9.18. The van der Waals surface area contributed by atoms with Crippen molar-refractivity contribution in [1.29, 1.82) is 0 Å². The third-order valence-corrected chi connectivity index (χ3v) is 4.29. The summed E-state index contributed by atoms with van der Waals surface area (Å²) in [5.41, 5.74) is -2.38. The van der Waals surface area contributed by atoms with Crippen LogP contribution in [0.1, 0.15) is 22.8 Å². The molecule has 0 aliphatic heterocycles. The van der Waals surface area contributed by atoms with Gasteiger partial charge in [0.05, 0.1) is 22.6 Å². The van der Waals surface area contributed by atoms with Crippen LogP contribution in [0.15, 0.2) is 36.4 Å². The van der Waals surface area contributed by atoms with Crippen LogP contribution >= 0.6 is 11.6 Å². The lowest BCUT2D eigenvalue weighted by Crippen LogP contribution is -2.41. The fourth-order valence-corrected chi connectivity index (χ4v) is 2.58. The van der Waals surface area contributed by atoms with Crippen LogP contribution in [0, 0.1) is 10.1 Å². The minimum absolute atomic E-state index is 0.0525. The van der Waals surface area contributed by atoms with Gasteiger partial charge in [-0.15, -0.1) is 0 Å². The van der Waals surface area contributed by atoms with Gasteiger partial charge in [-0.25, -0.2) is 9.86 Å². The van der Waals surface area contributed by atoms with Crippen molar-refractivity contribution in [2.45, 2.75) is 19.1 Å². The number of benzene rings is 2. The molecule has 0 saturated heterocycles. The fourth-order valence-electron chi connectivity index (χ4n) is 2.37. The Morgan fingerprint density at radius 2 is 1.87 bits per heavy atom. The molecule has 1 atom stereocenters. The van der Waals surface area contributed by atoms with E-state index < -0.39 is 50.9 Å². The van der Waals surface area contributed by atoms with Crippen LogP contribution in [-0.4, -0.2) is 40.2 Å². The molecule has 0 saturated carbocycles. The normalized spacial score (nSPS) is 12.1. The number of alkyl halides is 3. The number of halogens is 4.